The van der Waals surface area contributed by atoms with Gasteiger partial charge in [0.2, 0.25) is 0 Å². The highest BCUT2D eigenvalue weighted by Gasteiger charge is 2.27. The number of hydrogen-bond acceptors (Lipinski definition) is 3. The average Bonchev–Trinajstić information content (AvgIpc) is 2.75. The molecular weight excluding hydrogens is 268 g/mol. The summed E-state index contributed by atoms with van der Waals surface area (Å²) in [5.74, 6) is 0.285. The first-order valence-corrected chi connectivity index (χ1v) is 8.49. The van der Waals surface area contributed by atoms with E-state index in [9.17, 15) is 9.90 Å². The second-order valence-electron chi connectivity index (χ2n) is 6.50. The first-order valence-electron chi connectivity index (χ1n) is 8.49. The van der Waals surface area contributed by atoms with Crippen molar-refractivity contribution in [3.63, 3.8) is 0 Å². The number of rotatable bonds is 4. The van der Waals surface area contributed by atoms with Gasteiger partial charge in [-0.15, -0.1) is 0 Å². The minimum atomic E-state index is -0.397. The number of hydrogen-bond donors (Lipinski definition) is 2. The van der Waals surface area contributed by atoms with E-state index < -0.39 is 6.10 Å². The van der Waals surface area contributed by atoms with Gasteiger partial charge < -0.3 is 20.1 Å². The maximum Gasteiger partial charge on any atom is 0.317 e. The smallest absolute Gasteiger partial charge is 0.317 e. The van der Waals surface area contributed by atoms with Crippen molar-refractivity contribution in [1.29, 1.82) is 0 Å². The molecule has 0 aromatic heterocycles. The van der Waals surface area contributed by atoms with E-state index >= 15 is 0 Å². The van der Waals surface area contributed by atoms with Crippen LogP contribution in [0, 0.1) is 5.92 Å². The van der Waals surface area contributed by atoms with Crippen molar-refractivity contribution >= 4 is 6.03 Å². The number of carbonyl (C=O) groups excluding carboxylic acids is 1. The molecule has 2 N–H and O–H groups in total. The van der Waals surface area contributed by atoms with Crippen LogP contribution in [0.5, 0.6) is 0 Å². The third-order valence-corrected chi connectivity index (χ3v) is 4.74. The molecule has 1 heterocycles. The zero-order valence-electron chi connectivity index (χ0n) is 13.2. The largest absolute Gasteiger partial charge is 0.391 e. The SMILES string of the molecule is CC1CCN(C(=O)NCCOC2CCCCCC2)CC1O. The third kappa shape index (κ3) is 5.47. The second-order valence-corrected chi connectivity index (χ2v) is 6.50. The number of piperidine rings is 1. The summed E-state index contributed by atoms with van der Waals surface area (Å²) < 4.78 is 5.86. The Balaban J connectivity index is 1.58. The number of aliphatic hydroxyl groups is 1. The highest BCUT2D eigenvalue weighted by molar-refractivity contribution is 5.74. The van der Waals surface area contributed by atoms with Gasteiger partial charge in [-0.1, -0.05) is 32.6 Å². The number of ether oxygens (including phenoxy) is 1. The predicted octanol–water partition coefficient (Wildman–Crippen LogP) is 2.14. The summed E-state index contributed by atoms with van der Waals surface area (Å²) in [7, 11) is 0. The van der Waals surface area contributed by atoms with Crippen LogP contribution < -0.4 is 5.32 Å². The van der Waals surface area contributed by atoms with E-state index in [0.29, 0.717) is 25.8 Å². The Morgan fingerprint density at radius 1 is 1.24 bits per heavy atom. The van der Waals surface area contributed by atoms with Gasteiger partial charge in [0.25, 0.3) is 0 Å². The maximum absolute atomic E-state index is 12.0. The molecular formula is C16H30N2O3. The number of amides is 2. The second kappa shape index (κ2) is 8.59. The van der Waals surface area contributed by atoms with E-state index in [4.69, 9.17) is 4.74 Å². The number of aliphatic hydroxyl groups excluding tert-OH is 1. The molecule has 2 rings (SSSR count). The number of urea groups is 1. The Kier molecular flexibility index (Phi) is 6.77. The average molecular weight is 298 g/mol. The molecule has 2 fully saturated rings. The van der Waals surface area contributed by atoms with E-state index in [1.165, 1.54) is 25.7 Å². The molecule has 1 saturated heterocycles. The summed E-state index contributed by atoms with van der Waals surface area (Å²) in [6, 6.07) is -0.0783. The summed E-state index contributed by atoms with van der Waals surface area (Å²) >= 11 is 0. The quantitative estimate of drug-likeness (QED) is 0.617. The van der Waals surface area contributed by atoms with Gasteiger partial charge in [0, 0.05) is 19.6 Å². The van der Waals surface area contributed by atoms with E-state index in [0.717, 1.165) is 25.8 Å². The van der Waals surface area contributed by atoms with Gasteiger partial charge in [0.05, 0.1) is 18.8 Å². The highest BCUT2D eigenvalue weighted by Crippen LogP contribution is 2.19. The van der Waals surface area contributed by atoms with E-state index in [-0.39, 0.29) is 11.9 Å². The van der Waals surface area contributed by atoms with Crippen molar-refractivity contribution in [3.05, 3.63) is 0 Å². The lowest BCUT2D eigenvalue weighted by atomic mass is 9.96. The topological polar surface area (TPSA) is 61.8 Å². The third-order valence-electron chi connectivity index (χ3n) is 4.74. The van der Waals surface area contributed by atoms with Crippen LogP contribution in [-0.4, -0.2) is 54.5 Å². The van der Waals surface area contributed by atoms with Gasteiger partial charge in [0.15, 0.2) is 0 Å². The lowest BCUT2D eigenvalue weighted by Crippen LogP contribution is -2.50. The number of carbonyl (C=O) groups is 1. The lowest BCUT2D eigenvalue weighted by Gasteiger charge is -2.34. The maximum atomic E-state index is 12.0. The monoisotopic (exact) mass is 298 g/mol. The molecule has 2 amide bonds. The molecule has 1 saturated carbocycles. The first kappa shape index (κ1) is 16.6. The van der Waals surface area contributed by atoms with Gasteiger partial charge in [0.1, 0.15) is 0 Å². The fourth-order valence-corrected chi connectivity index (χ4v) is 3.14. The molecule has 0 aromatic rings. The van der Waals surface area contributed by atoms with Crippen LogP contribution in [0.4, 0.5) is 4.79 Å². The molecule has 0 radical (unpaired) electrons. The Hall–Kier alpha value is -0.810. The van der Waals surface area contributed by atoms with Crippen molar-refractivity contribution in [2.45, 2.75) is 64.1 Å². The van der Waals surface area contributed by atoms with Crippen molar-refractivity contribution in [1.82, 2.24) is 10.2 Å². The Labute approximate surface area is 128 Å². The Morgan fingerprint density at radius 3 is 2.62 bits per heavy atom. The van der Waals surface area contributed by atoms with Crippen molar-refractivity contribution in [2.75, 3.05) is 26.2 Å². The minimum absolute atomic E-state index is 0.0783. The van der Waals surface area contributed by atoms with Crippen molar-refractivity contribution in [3.8, 4) is 0 Å². The van der Waals surface area contributed by atoms with Crippen LogP contribution in [0.25, 0.3) is 0 Å². The normalized spacial score (nSPS) is 28.2. The minimum Gasteiger partial charge on any atom is -0.391 e. The molecule has 0 spiro atoms. The van der Waals surface area contributed by atoms with Crippen LogP contribution in [0.1, 0.15) is 51.9 Å². The fourth-order valence-electron chi connectivity index (χ4n) is 3.14. The van der Waals surface area contributed by atoms with Crippen LogP contribution in [0.2, 0.25) is 0 Å². The van der Waals surface area contributed by atoms with Gasteiger partial charge >= 0.3 is 6.03 Å². The van der Waals surface area contributed by atoms with E-state index in [1.807, 2.05) is 6.92 Å². The van der Waals surface area contributed by atoms with Gasteiger partial charge in [-0.3, -0.25) is 0 Å². The Morgan fingerprint density at radius 2 is 1.95 bits per heavy atom. The summed E-state index contributed by atoms with van der Waals surface area (Å²) in [6.07, 6.45) is 8.34. The van der Waals surface area contributed by atoms with Crippen LogP contribution in [0.15, 0.2) is 0 Å². The zero-order chi connectivity index (χ0) is 15.1. The van der Waals surface area contributed by atoms with Gasteiger partial charge in [-0.25, -0.2) is 4.79 Å². The van der Waals surface area contributed by atoms with Gasteiger partial charge in [-0.05, 0) is 25.2 Å². The molecule has 1 aliphatic carbocycles. The summed E-state index contributed by atoms with van der Waals surface area (Å²) in [5.41, 5.74) is 0. The molecule has 21 heavy (non-hydrogen) atoms. The molecule has 122 valence electrons. The predicted molar refractivity (Wildman–Crippen MR) is 82.2 cm³/mol. The molecule has 5 heteroatoms. The summed E-state index contributed by atoms with van der Waals surface area (Å²) in [5, 5.41) is 12.7. The molecule has 0 aromatic carbocycles. The Bertz CT molecular complexity index is 317. The molecule has 2 unspecified atom stereocenters. The molecule has 0 bridgehead atoms. The molecule has 2 atom stereocenters. The van der Waals surface area contributed by atoms with E-state index in [1.54, 1.807) is 4.90 Å². The number of nitrogens with one attached hydrogen (secondary N) is 1. The van der Waals surface area contributed by atoms with Crippen LogP contribution in [-0.2, 0) is 4.74 Å². The molecule has 1 aliphatic heterocycles. The summed E-state index contributed by atoms with van der Waals surface area (Å²) in [6.45, 7) is 4.34. The van der Waals surface area contributed by atoms with Crippen molar-refractivity contribution in [2.24, 2.45) is 5.92 Å². The summed E-state index contributed by atoms with van der Waals surface area (Å²) in [4.78, 5) is 13.7. The van der Waals surface area contributed by atoms with Crippen LogP contribution >= 0.6 is 0 Å². The standard InChI is InChI=1S/C16H30N2O3/c1-13-8-10-18(12-15(13)19)16(20)17-9-11-21-14-6-4-2-3-5-7-14/h13-15,19H,2-12H2,1H3,(H,17,20). The van der Waals surface area contributed by atoms with Gasteiger partial charge in [-0.2, -0.15) is 0 Å². The molecule has 5 nitrogen and oxygen atoms in total. The number of β-amino-alcohol motifs (C(OH)–C–C–N with tert-alkyl or cyclic N) is 1. The van der Waals surface area contributed by atoms with Crippen molar-refractivity contribution < 1.29 is 14.6 Å². The lowest BCUT2D eigenvalue weighted by molar-refractivity contribution is 0.0371. The van der Waals surface area contributed by atoms with E-state index in [2.05, 4.69) is 5.32 Å². The first-order chi connectivity index (χ1) is 10.2. The molecule has 2 aliphatic rings. The number of nitrogens with zero attached hydrogens (tertiary/aromatic N) is 1. The van der Waals surface area contributed by atoms with Crippen LogP contribution in [0.3, 0.4) is 0 Å². The number of likely N-dealkylation sites (tertiary alicyclic amines) is 1. The fraction of sp³-hybridized carbons (Fsp3) is 0.938. The highest BCUT2D eigenvalue weighted by atomic mass is 16.5. The zero-order valence-corrected chi connectivity index (χ0v) is 13.2.